The van der Waals surface area contributed by atoms with Crippen molar-refractivity contribution in [2.45, 2.75) is 6.54 Å². The topological polar surface area (TPSA) is 66.8 Å². The third kappa shape index (κ3) is 3.85. The van der Waals surface area contributed by atoms with Crippen LogP contribution >= 0.6 is 34.4 Å². The van der Waals surface area contributed by atoms with E-state index in [1.165, 1.54) is 31.4 Å². The van der Waals surface area contributed by atoms with Crippen LogP contribution < -0.4 is 4.74 Å². The molecule has 26 heavy (non-hydrogen) atoms. The van der Waals surface area contributed by atoms with Gasteiger partial charge in [-0.15, -0.1) is 0 Å². The number of hydrogen-bond acceptors (Lipinski definition) is 5. The van der Waals surface area contributed by atoms with E-state index in [9.17, 15) is 19.1 Å². The lowest BCUT2D eigenvalue weighted by Gasteiger charge is -2.12. The van der Waals surface area contributed by atoms with Gasteiger partial charge in [0.1, 0.15) is 5.82 Å². The lowest BCUT2D eigenvalue weighted by molar-refractivity contribution is -0.123. The number of aromatic hydroxyl groups is 1. The molecule has 0 bridgehead atoms. The van der Waals surface area contributed by atoms with Gasteiger partial charge in [-0.05, 0) is 75.8 Å². The number of hydrogen-bond donors (Lipinski definition) is 1. The van der Waals surface area contributed by atoms with E-state index in [1.807, 2.05) is 22.6 Å². The number of nitrogens with zero attached hydrogens (tertiary/aromatic N) is 1. The van der Waals surface area contributed by atoms with Gasteiger partial charge in [0.15, 0.2) is 11.5 Å². The number of phenols is 1. The predicted molar refractivity (Wildman–Crippen MR) is 105 cm³/mol. The van der Waals surface area contributed by atoms with Crippen LogP contribution in [0.25, 0.3) is 6.08 Å². The molecule has 0 saturated carbocycles. The summed E-state index contributed by atoms with van der Waals surface area (Å²) in [6.45, 7) is 0.0821. The Morgan fingerprint density at radius 1 is 1.27 bits per heavy atom. The fourth-order valence-electron chi connectivity index (χ4n) is 2.39. The molecule has 3 rings (SSSR count). The zero-order chi connectivity index (χ0) is 18.8. The molecule has 0 aromatic heterocycles. The summed E-state index contributed by atoms with van der Waals surface area (Å²) >= 11 is 2.80. The fraction of sp³-hybridized carbons (Fsp3) is 0.111. The summed E-state index contributed by atoms with van der Waals surface area (Å²) in [4.78, 5) is 26.1. The number of imide groups is 1. The van der Waals surface area contributed by atoms with Crippen molar-refractivity contribution < 1.29 is 23.8 Å². The minimum absolute atomic E-state index is 0.0228. The molecule has 0 spiro atoms. The number of thioether (sulfide) groups is 1. The van der Waals surface area contributed by atoms with Crippen LogP contribution in [0.3, 0.4) is 0 Å². The van der Waals surface area contributed by atoms with E-state index >= 15 is 0 Å². The third-order valence-electron chi connectivity index (χ3n) is 3.70. The molecule has 134 valence electrons. The molecule has 5 nitrogen and oxygen atoms in total. The van der Waals surface area contributed by atoms with E-state index in [1.54, 1.807) is 18.2 Å². The Balaban J connectivity index is 1.85. The largest absolute Gasteiger partial charge is 0.504 e. The molecule has 0 radical (unpaired) electrons. The molecule has 1 fully saturated rings. The summed E-state index contributed by atoms with van der Waals surface area (Å²) in [6.07, 6.45) is 1.58. The van der Waals surface area contributed by atoms with E-state index in [4.69, 9.17) is 4.74 Å². The second-order valence-electron chi connectivity index (χ2n) is 5.45. The zero-order valence-electron chi connectivity index (χ0n) is 13.5. The average Bonchev–Trinajstić information content (AvgIpc) is 2.87. The summed E-state index contributed by atoms with van der Waals surface area (Å²) in [7, 11) is 1.44. The van der Waals surface area contributed by atoms with Crippen LogP contribution in [0.5, 0.6) is 11.5 Å². The summed E-state index contributed by atoms with van der Waals surface area (Å²) < 4.78 is 18.7. The lowest BCUT2D eigenvalue weighted by atomic mass is 10.1. The molecule has 2 amide bonds. The minimum atomic E-state index is -0.411. The molecule has 1 aliphatic heterocycles. The molecular weight excluding hydrogens is 472 g/mol. The normalized spacial score (nSPS) is 15.8. The third-order valence-corrected chi connectivity index (χ3v) is 5.43. The quantitative estimate of drug-likeness (QED) is 0.515. The second-order valence-corrected chi connectivity index (χ2v) is 7.60. The van der Waals surface area contributed by atoms with Gasteiger partial charge in [0.05, 0.1) is 22.1 Å². The summed E-state index contributed by atoms with van der Waals surface area (Å²) in [5, 5.41) is 9.50. The van der Waals surface area contributed by atoms with Crippen LogP contribution in [0, 0.1) is 9.39 Å². The Bertz CT molecular complexity index is 914. The Kier molecular flexibility index (Phi) is 5.52. The van der Waals surface area contributed by atoms with E-state index in [0.29, 0.717) is 14.7 Å². The maximum Gasteiger partial charge on any atom is 0.293 e. The van der Waals surface area contributed by atoms with Gasteiger partial charge in [0, 0.05) is 0 Å². The molecule has 1 saturated heterocycles. The predicted octanol–water partition coefficient (Wildman–Crippen LogP) is 4.38. The molecule has 1 aliphatic rings. The Morgan fingerprint density at radius 2 is 1.96 bits per heavy atom. The van der Waals surface area contributed by atoms with Crippen molar-refractivity contribution in [3.63, 3.8) is 0 Å². The molecule has 0 atom stereocenters. The first-order chi connectivity index (χ1) is 12.4. The van der Waals surface area contributed by atoms with E-state index in [0.717, 1.165) is 16.7 Å². The molecule has 1 heterocycles. The van der Waals surface area contributed by atoms with Crippen molar-refractivity contribution in [3.05, 3.63) is 61.8 Å². The maximum atomic E-state index is 13.0. The van der Waals surface area contributed by atoms with E-state index < -0.39 is 5.91 Å². The minimum Gasteiger partial charge on any atom is -0.504 e. The van der Waals surface area contributed by atoms with Crippen LogP contribution in [0.2, 0.25) is 0 Å². The Labute approximate surface area is 167 Å². The Hall–Kier alpha value is -2.07. The highest BCUT2D eigenvalue weighted by molar-refractivity contribution is 14.1. The van der Waals surface area contributed by atoms with Crippen molar-refractivity contribution in [1.82, 2.24) is 4.90 Å². The molecule has 0 unspecified atom stereocenters. The lowest BCUT2D eigenvalue weighted by Crippen LogP contribution is -2.27. The molecule has 0 aliphatic carbocycles. The average molecular weight is 485 g/mol. The highest BCUT2D eigenvalue weighted by Gasteiger charge is 2.35. The second kappa shape index (κ2) is 7.67. The number of phenolic OH excluding ortho intramolecular Hbond substituents is 1. The first-order valence-electron chi connectivity index (χ1n) is 7.45. The zero-order valence-corrected chi connectivity index (χ0v) is 16.5. The first kappa shape index (κ1) is 18.7. The number of carbonyl (C=O) groups is 2. The highest BCUT2D eigenvalue weighted by Crippen LogP contribution is 2.36. The summed E-state index contributed by atoms with van der Waals surface area (Å²) in [5.74, 6) is -0.478. The molecule has 8 heteroatoms. The standard InChI is InChI=1S/C18H13FINO4S/c1-25-14-7-11(6-13(20)16(14)22)8-15-17(23)21(18(24)26-15)9-10-2-4-12(19)5-3-10/h2-8,22H,9H2,1H3. The number of ether oxygens (including phenoxy) is 1. The van der Waals surface area contributed by atoms with Gasteiger partial charge < -0.3 is 9.84 Å². The van der Waals surface area contributed by atoms with Crippen molar-refractivity contribution in [1.29, 1.82) is 0 Å². The van der Waals surface area contributed by atoms with Gasteiger partial charge >= 0.3 is 0 Å². The van der Waals surface area contributed by atoms with Gasteiger partial charge in [-0.2, -0.15) is 0 Å². The molecule has 1 N–H and O–H groups in total. The highest BCUT2D eigenvalue weighted by atomic mass is 127. The van der Waals surface area contributed by atoms with E-state index in [2.05, 4.69) is 0 Å². The van der Waals surface area contributed by atoms with Gasteiger partial charge in [-0.3, -0.25) is 14.5 Å². The van der Waals surface area contributed by atoms with Gasteiger partial charge in [0.2, 0.25) is 0 Å². The number of methoxy groups -OCH3 is 1. The summed E-state index contributed by atoms with van der Waals surface area (Å²) in [6, 6.07) is 8.92. The smallest absolute Gasteiger partial charge is 0.293 e. The fourth-order valence-corrected chi connectivity index (χ4v) is 3.86. The van der Waals surface area contributed by atoms with Gasteiger partial charge in [-0.25, -0.2) is 4.39 Å². The van der Waals surface area contributed by atoms with Crippen LogP contribution in [-0.2, 0) is 11.3 Å². The van der Waals surface area contributed by atoms with Crippen molar-refractivity contribution in [3.8, 4) is 11.5 Å². The Morgan fingerprint density at radius 3 is 2.62 bits per heavy atom. The number of amides is 2. The number of benzene rings is 2. The van der Waals surface area contributed by atoms with E-state index in [-0.39, 0.29) is 34.0 Å². The van der Waals surface area contributed by atoms with Crippen LogP contribution in [-0.4, -0.2) is 28.3 Å². The monoisotopic (exact) mass is 485 g/mol. The van der Waals surface area contributed by atoms with Crippen LogP contribution in [0.15, 0.2) is 41.3 Å². The van der Waals surface area contributed by atoms with Crippen LogP contribution in [0.4, 0.5) is 9.18 Å². The van der Waals surface area contributed by atoms with Gasteiger partial charge in [-0.1, -0.05) is 12.1 Å². The van der Waals surface area contributed by atoms with Gasteiger partial charge in [0.25, 0.3) is 11.1 Å². The maximum absolute atomic E-state index is 13.0. The molecule has 2 aromatic rings. The van der Waals surface area contributed by atoms with Crippen LogP contribution in [0.1, 0.15) is 11.1 Å². The number of carbonyl (C=O) groups excluding carboxylic acids is 2. The number of rotatable bonds is 4. The first-order valence-corrected chi connectivity index (χ1v) is 9.35. The number of halogens is 2. The van der Waals surface area contributed by atoms with Crippen molar-refractivity contribution >= 4 is 51.6 Å². The summed E-state index contributed by atoms with van der Waals surface area (Å²) in [5.41, 5.74) is 1.30. The molecule has 2 aromatic carbocycles. The SMILES string of the molecule is COc1cc(C=C2SC(=O)N(Cc3ccc(F)cc3)C2=O)cc(I)c1O. The van der Waals surface area contributed by atoms with Crippen molar-refractivity contribution in [2.24, 2.45) is 0 Å². The molecular formula is C18H13FINO4S. The van der Waals surface area contributed by atoms with Crippen molar-refractivity contribution in [2.75, 3.05) is 7.11 Å².